The number of ether oxygens (including phenoxy) is 2. The zero-order valence-corrected chi connectivity index (χ0v) is 7.73. The maximum Gasteiger partial charge on any atom is 0.334 e. The van der Waals surface area contributed by atoms with E-state index in [2.05, 4.69) is 4.74 Å². The lowest BCUT2D eigenvalue weighted by atomic mass is 9.84. The summed E-state index contributed by atoms with van der Waals surface area (Å²) >= 11 is 0. The van der Waals surface area contributed by atoms with E-state index >= 15 is 0 Å². The van der Waals surface area contributed by atoms with E-state index < -0.39 is 0 Å². The van der Waals surface area contributed by atoms with Gasteiger partial charge >= 0.3 is 11.9 Å². The summed E-state index contributed by atoms with van der Waals surface area (Å²) in [4.78, 5) is 22.5. The molecule has 0 aromatic heterocycles. The first kappa shape index (κ1) is 8.99. The largest absolute Gasteiger partial charge is 0.469 e. The van der Waals surface area contributed by atoms with E-state index in [1.54, 1.807) is 18.2 Å². The van der Waals surface area contributed by atoms with Crippen molar-refractivity contribution >= 4 is 11.9 Å². The van der Waals surface area contributed by atoms with Gasteiger partial charge in [0, 0.05) is 11.5 Å². The molecule has 4 nitrogen and oxygen atoms in total. The molecule has 2 aliphatic rings. The van der Waals surface area contributed by atoms with E-state index in [0.717, 1.165) is 0 Å². The first-order chi connectivity index (χ1) is 6.74. The summed E-state index contributed by atoms with van der Waals surface area (Å²) in [6.07, 6.45) is 5.13. The maximum absolute atomic E-state index is 11.3. The number of allylic oxidation sites excluding steroid dienone is 2. The van der Waals surface area contributed by atoms with Gasteiger partial charge < -0.3 is 9.47 Å². The Bertz CT molecular complexity index is 340. The molecule has 0 N–H and O–H groups in total. The number of hydrogen-bond donors (Lipinski definition) is 0. The summed E-state index contributed by atoms with van der Waals surface area (Å²) in [6.45, 7) is 0.273. The molecule has 1 aliphatic carbocycles. The molecule has 2 rings (SSSR count). The Labute approximate surface area is 81.2 Å². The van der Waals surface area contributed by atoms with Gasteiger partial charge in [0.25, 0.3) is 0 Å². The Morgan fingerprint density at radius 2 is 2.43 bits per heavy atom. The van der Waals surface area contributed by atoms with Crippen molar-refractivity contribution in [2.75, 3.05) is 13.7 Å². The average Bonchev–Trinajstić information content (AvgIpc) is 2.59. The lowest BCUT2D eigenvalue weighted by molar-refractivity contribution is -0.145. The van der Waals surface area contributed by atoms with E-state index in [0.29, 0.717) is 5.57 Å². The van der Waals surface area contributed by atoms with Crippen LogP contribution in [0.15, 0.2) is 23.8 Å². The van der Waals surface area contributed by atoms with Crippen molar-refractivity contribution in [3.8, 4) is 0 Å². The van der Waals surface area contributed by atoms with Gasteiger partial charge in [0.2, 0.25) is 0 Å². The zero-order chi connectivity index (χ0) is 10.1. The van der Waals surface area contributed by atoms with Crippen LogP contribution in [0.2, 0.25) is 0 Å². The smallest absolute Gasteiger partial charge is 0.334 e. The monoisotopic (exact) mass is 194 g/mol. The third-order valence-corrected chi connectivity index (χ3v) is 2.53. The number of rotatable bonds is 1. The summed E-state index contributed by atoms with van der Waals surface area (Å²) in [6, 6.07) is 0. The van der Waals surface area contributed by atoms with Crippen molar-refractivity contribution in [1.82, 2.24) is 0 Å². The second kappa shape index (κ2) is 3.29. The number of carbonyl (C=O) groups is 2. The molecule has 1 aliphatic heterocycles. The van der Waals surface area contributed by atoms with Crippen LogP contribution < -0.4 is 0 Å². The van der Waals surface area contributed by atoms with E-state index in [4.69, 9.17) is 4.74 Å². The molecule has 0 amide bonds. The fourth-order valence-corrected chi connectivity index (χ4v) is 1.77. The lowest BCUT2D eigenvalue weighted by Crippen LogP contribution is -2.26. The van der Waals surface area contributed by atoms with E-state index in [-0.39, 0.29) is 30.4 Å². The summed E-state index contributed by atoms with van der Waals surface area (Å²) in [5, 5.41) is 0. The summed E-state index contributed by atoms with van der Waals surface area (Å²) < 4.78 is 9.52. The van der Waals surface area contributed by atoms with Gasteiger partial charge in [0.1, 0.15) is 0 Å². The average molecular weight is 194 g/mol. The molecule has 1 saturated heterocycles. The van der Waals surface area contributed by atoms with E-state index in [1.807, 2.05) is 0 Å². The number of methoxy groups -OCH3 is 1. The predicted octanol–water partition coefficient (Wildman–Crippen LogP) is 0.445. The van der Waals surface area contributed by atoms with Crippen LogP contribution in [0.4, 0.5) is 0 Å². The Morgan fingerprint density at radius 3 is 3.14 bits per heavy atom. The van der Waals surface area contributed by atoms with Crippen LogP contribution in [0, 0.1) is 11.8 Å². The highest BCUT2D eigenvalue weighted by atomic mass is 16.5. The molecular weight excluding hydrogens is 184 g/mol. The second-order valence-corrected chi connectivity index (χ2v) is 3.26. The minimum Gasteiger partial charge on any atom is -0.469 e. The van der Waals surface area contributed by atoms with Gasteiger partial charge in [-0.25, -0.2) is 4.79 Å². The second-order valence-electron chi connectivity index (χ2n) is 3.26. The van der Waals surface area contributed by atoms with Gasteiger partial charge in [0.15, 0.2) is 0 Å². The molecule has 14 heavy (non-hydrogen) atoms. The van der Waals surface area contributed by atoms with Crippen molar-refractivity contribution in [3.05, 3.63) is 23.8 Å². The third-order valence-electron chi connectivity index (χ3n) is 2.53. The topological polar surface area (TPSA) is 52.6 Å². The van der Waals surface area contributed by atoms with Gasteiger partial charge in [-0.1, -0.05) is 18.2 Å². The van der Waals surface area contributed by atoms with E-state index in [1.165, 1.54) is 7.11 Å². The van der Waals surface area contributed by atoms with Crippen molar-refractivity contribution < 1.29 is 19.1 Å². The number of cyclic esters (lactones) is 1. The van der Waals surface area contributed by atoms with Crippen molar-refractivity contribution in [2.45, 2.75) is 0 Å². The molecule has 74 valence electrons. The third kappa shape index (κ3) is 1.23. The van der Waals surface area contributed by atoms with Crippen molar-refractivity contribution in [2.24, 2.45) is 11.8 Å². The fourth-order valence-electron chi connectivity index (χ4n) is 1.77. The van der Waals surface area contributed by atoms with Crippen LogP contribution in [0.5, 0.6) is 0 Å². The molecule has 0 aromatic rings. The lowest BCUT2D eigenvalue weighted by Gasteiger charge is -2.18. The van der Waals surface area contributed by atoms with Gasteiger partial charge in [-0.15, -0.1) is 0 Å². The molecular formula is C10H10O4. The molecule has 2 atom stereocenters. The first-order valence-corrected chi connectivity index (χ1v) is 4.37. The fraction of sp³-hybridized carbons (Fsp3) is 0.400. The van der Waals surface area contributed by atoms with Crippen LogP contribution >= 0.6 is 0 Å². The SMILES string of the molecule is COC(=O)[C@H]1C=CC=C2C(=O)OC[C@H]21. The standard InChI is InChI=1S/C10H10O4/c1-13-9(11)6-3-2-4-7-8(6)5-14-10(7)12/h2-4,6,8H,5H2,1H3/t6-,8-/m0/s1. The summed E-state index contributed by atoms with van der Waals surface area (Å²) in [5.41, 5.74) is 0.572. The van der Waals surface area contributed by atoms with Gasteiger partial charge in [-0.2, -0.15) is 0 Å². The quantitative estimate of drug-likeness (QED) is 0.568. The molecule has 1 fully saturated rings. The van der Waals surface area contributed by atoms with Gasteiger partial charge in [-0.05, 0) is 0 Å². The van der Waals surface area contributed by atoms with Crippen LogP contribution in [0.3, 0.4) is 0 Å². The highest BCUT2D eigenvalue weighted by Crippen LogP contribution is 2.32. The van der Waals surface area contributed by atoms with Crippen LogP contribution in [-0.2, 0) is 19.1 Å². The van der Waals surface area contributed by atoms with Gasteiger partial charge in [-0.3, -0.25) is 4.79 Å². The van der Waals surface area contributed by atoms with Crippen LogP contribution in [0.1, 0.15) is 0 Å². The molecule has 0 aromatic carbocycles. The predicted molar refractivity (Wildman–Crippen MR) is 47.2 cm³/mol. The normalized spacial score (nSPS) is 29.2. The number of esters is 2. The Morgan fingerprint density at radius 1 is 1.64 bits per heavy atom. The molecule has 1 heterocycles. The van der Waals surface area contributed by atoms with Crippen molar-refractivity contribution in [1.29, 1.82) is 0 Å². The van der Waals surface area contributed by atoms with Crippen molar-refractivity contribution in [3.63, 3.8) is 0 Å². The highest BCUT2D eigenvalue weighted by molar-refractivity contribution is 5.93. The van der Waals surface area contributed by atoms with E-state index in [9.17, 15) is 9.59 Å². The molecule has 0 spiro atoms. The van der Waals surface area contributed by atoms with Gasteiger partial charge in [0.05, 0.1) is 19.6 Å². The summed E-state index contributed by atoms with van der Waals surface area (Å²) in [7, 11) is 1.34. The molecule has 0 radical (unpaired) electrons. The Balaban J connectivity index is 2.25. The molecule has 0 bridgehead atoms. The highest BCUT2D eigenvalue weighted by Gasteiger charge is 2.40. The van der Waals surface area contributed by atoms with Crippen LogP contribution in [0.25, 0.3) is 0 Å². The Kier molecular flexibility index (Phi) is 2.11. The maximum atomic E-state index is 11.3. The first-order valence-electron chi connectivity index (χ1n) is 4.37. The summed E-state index contributed by atoms with van der Waals surface area (Å²) in [5.74, 6) is -1.20. The molecule has 0 unspecified atom stereocenters. The van der Waals surface area contributed by atoms with Crippen LogP contribution in [-0.4, -0.2) is 25.7 Å². The number of carbonyl (C=O) groups excluding carboxylic acids is 2. The number of hydrogen-bond acceptors (Lipinski definition) is 4. The Hall–Kier alpha value is -1.58. The zero-order valence-electron chi connectivity index (χ0n) is 7.73. The molecule has 4 heteroatoms. The minimum absolute atomic E-state index is 0.167. The minimum atomic E-state index is -0.383. The number of fused-ring (bicyclic) bond motifs is 1. The molecule has 0 saturated carbocycles.